The maximum Gasteiger partial charge on any atom is 0.406 e. The predicted octanol–water partition coefficient (Wildman–Crippen LogP) is 2.16. The molecule has 3 atom stereocenters. The van der Waals surface area contributed by atoms with Crippen molar-refractivity contribution in [1.29, 1.82) is 0 Å². The normalized spacial score (nSPS) is 29.1. The summed E-state index contributed by atoms with van der Waals surface area (Å²) in [5, 5.41) is 0. The van der Waals surface area contributed by atoms with Gasteiger partial charge in [-0.15, -0.1) is 0 Å². The molecule has 0 aromatic heterocycles. The van der Waals surface area contributed by atoms with Crippen molar-refractivity contribution < 1.29 is 18.0 Å². The lowest BCUT2D eigenvalue weighted by atomic mass is 9.76. The van der Waals surface area contributed by atoms with Gasteiger partial charge in [-0.1, -0.05) is 13.3 Å². The van der Waals surface area contributed by atoms with E-state index in [4.69, 9.17) is 5.73 Å². The van der Waals surface area contributed by atoms with Crippen LogP contribution in [0.4, 0.5) is 13.2 Å². The molecule has 3 unspecified atom stereocenters. The molecule has 0 spiro atoms. The zero-order valence-corrected chi connectivity index (χ0v) is 10.8. The van der Waals surface area contributed by atoms with Gasteiger partial charge in [-0.2, -0.15) is 13.2 Å². The number of halogens is 3. The van der Waals surface area contributed by atoms with Gasteiger partial charge >= 0.3 is 6.18 Å². The predicted molar refractivity (Wildman–Crippen MR) is 62.8 cm³/mol. The van der Waals surface area contributed by atoms with Crippen LogP contribution in [0, 0.1) is 11.8 Å². The topological polar surface area (TPSA) is 46.3 Å². The summed E-state index contributed by atoms with van der Waals surface area (Å²) >= 11 is 0. The van der Waals surface area contributed by atoms with Crippen LogP contribution in [0.3, 0.4) is 0 Å². The van der Waals surface area contributed by atoms with Gasteiger partial charge in [-0.25, -0.2) is 0 Å². The summed E-state index contributed by atoms with van der Waals surface area (Å²) in [7, 11) is 0. The van der Waals surface area contributed by atoms with Crippen LogP contribution in [0.1, 0.15) is 33.1 Å². The van der Waals surface area contributed by atoms with E-state index in [9.17, 15) is 18.0 Å². The molecule has 106 valence electrons. The zero-order valence-electron chi connectivity index (χ0n) is 10.8. The van der Waals surface area contributed by atoms with E-state index >= 15 is 0 Å². The number of alkyl halides is 3. The average Bonchev–Trinajstić information content (AvgIpc) is 2.27. The van der Waals surface area contributed by atoms with Crippen LogP contribution >= 0.6 is 0 Å². The Kier molecular flexibility index (Phi) is 5.01. The van der Waals surface area contributed by atoms with E-state index in [0.29, 0.717) is 6.42 Å². The van der Waals surface area contributed by atoms with Crippen molar-refractivity contribution >= 4 is 5.91 Å². The second-order valence-electron chi connectivity index (χ2n) is 5.03. The molecule has 0 bridgehead atoms. The Hall–Kier alpha value is -0.780. The first kappa shape index (κ1) is 15.3. The highest BCUT2D eigenvalue weighted by atomic mass is 19.4. The first-order valence-electron chi connectivity index (χ1n) is 6.37. The van der Waals surface area contributed by atoms with E-state index in [2.05, 4.69) is 0 Å². The molecular weight excluding hydrogens is 245 g/mol. The smallest absolute Gasteiger partial charge is 0.334 e. The maximum absolute atomic E-state index is 12.4. The van der Waals surface area contributed by atoms with Crippen LogP contribution in [0.5, 0.6) is 0 Å². The highest BCUT2D eigenvalue weighted by Crippen LogP contribution is 2.31. The van der Waals surface area contributed by atoms with E-state index in [-0.39, 0.29) is 24.4 Å². The van der Waals surface area contributed by atoms with Crippen molar-refractivity contribution in [3.63, 3.8) is 0 Å². The van der Waals surface area contributed by atoms with E-state index < -0.39 is 18.6 Å². The molecule has 1 rings (SSSR count). The maximum atomic E-state index is 12.4. The van der Waals surface area contributed by atoms with Crippen molar-refractivity contribution in [2.24, 2.45) is 17.6 Å². The molecule has 1 saturated carbocycles. The van der Waals surface area contributed by atoms with Crippen molar-refractivity contribution in [3.8, 4) is 0 Å². The second kappa shape index (κ2) is 5.91. The third-order valence-electron chi connectivity index (χ3n) is 3.74. The van der Waals surface area contributed by atoms with Gasteiger partial charge in [0.25, 0.3) is 0 Å². The zero-order chi connectivity index (χ0) is 13.9. The summed E-state index contributed by atoms with van der Waals surface area (Å²) in [5.41, 5.74) is 5.88. The fourth-order valence-electron chi connectivity index (χ4n) is 2.54. The lowest BCUT2D eigenvalue weighted by Gasteiger charge is -2.36. The monoisotopic (exact) mass is 266 g/mol. The summed E-state index contributed by atoms with van der Waals surface area (Å²) in [6, 6.07) is -0.0858. The molecule has 0 heterocycles. The van der Waals surface area contributed by atoms with Gasteiger partial charge < -0.3 is 10.6 Å². The standard InChI is InChI=1S/C12H21F3N2O/c1-3-17(7-12(13,14)15)11(18)9-5-4-6-10(16)8(9)2/h8-10H,3-7,16H2,1-2H3. The van der Waals surface area contributed by atoms with Crippen LogP contribution in [-0.2, 0) is 4.79 Å². The highest BCUT2D eigenvalue weighted by molar-refractivity contribution is 5.79. The Morgan fingerprint density at radius 1 is 1.39 bits per heavy atom. The third kappa shape index (κ3) is 3.86. The van der Waals surface area contributed by atoms with Crippen molar-refractivity contribution in [3.05, 3.63) is 0 Å². The fraction of sp³-hybridized carbons (Fsp3) is 0.917. The minimum atomic E-state index is -4.34. The fourth-order valence-corrected chi connectivity index (χ4v) is 2.54. The first-order chi connectivity index (χ1) is 8.26. The molecule has 0 aromatic rings. The SMILES string of the molecule is CCN(CC(F)(F)F)C(=O)C1CCCC(N)C1C. The molecule has 1 amide bonds. The largest absolute Gasteiger partial charge is 0.406 e. The van der Waals surface area contributed by atoms with Gasteiger partial charge in [-0.05, 0) is 25.7 Å². The summed E-state index contributed by atoms with van der Waals surface area (Å²) < 4.78 is 37.1. The molecule has 1 aliphatic carbocycles. The third-order valence-corrected chi connectivity index (χ3v) is 3.74. The van der Waals surface area contributed by atoms with Crippen LogP contribution in [0.15, 0.2) is 0 Å². The average molecular weight is 266 g/mol. The van der Waals surface area contributed by atoms with Crippen molar-refractivity contribution in [1.82, 2.24) is 4.90 Å². The van der Waals surface area contributed by atoms with Crippen molar-refractivity contribution in [2.45, 2.75) is 45.3 Å². The number of nitrogens with two attached hydrogens (primary N) is 1. The van der Waals surface area contributed by atoms with E-state index in [0.717, 1.165) is 17.7 Å². The highest BCUT2D eigenvalue weighted by Gasteiger charge is 2.38. The van der Waals surface area contributed by atoms with E-state index in [1.165, 1.54) is 0 Å². The van der Waals surface area contributed by atoms with Gasteiger partial charge in [-0.3, -0.25) is 4.79 Å². The Bertz CT molecular complexity index is 294. The van der Waals surface area contributed by atoms with Crippen LogP contribution < -0.4 is 5.73 Å². The molecule has 0 aliphatic heterocycles. The minimum Gasteiger partial charge on any atom is -0.334 e. The first-order valence-corrected chi connectivity index (χ1v) is 6.37. The number of nitrogens with zero attached hydrogens (tertiary/aromatic N) is 1. The van der Waals surface area contributed by atoms with Gasteiger partial charge in [0, 0.05) is 18.5 Å². The van der Waals surface area contributed by atoms with Crippen molar-refractivity contribution in [2.75, 3.05) is 13.1 Å². The molecule has 1 fully saturated rings. The number of carbonyl (C=O) groups is 1. The molecule has 6 heteroatoms. The Morgan fingerprint density at radius 3 is 2.50 bits per heavy atom. The molecule has 0 radical (unpaired) electrons. The number of carbonyl (C=O) groups excluding carboxylic acids is 1. The number of amides is 1. The molecule has 1 aliphatic rings. The summed E-state index contributed by atoms with van der Waals surface area (Å²) in [5.74, 6) is -0.818. The number of hydrogen-bond acceptors (Lipinski definition) is 2. The number of hydrogen-bond donors (Lipinski definition) is 1. The molecule has 0 saturated heterocycles. The molecule has 18 heavy (non-hydrogen) atoms. The van der Waals surface area contributed by atoms with Crippen LogP contribution in [0.25, 0.3) is 0 Å². The van der Waals surface area contributed by atoms with E-state index in [1.807, 2.05) is 6.92 Å². The summed E-state index contributed by atoms with van der Waals surface area (Å²) in [6.45, 7) is 2.34. The van der Waals surface area contributed by atoms with Gasteiger partial charge in [0.1, 0.15) is 6.54 Å². The van der Waals surface area contributed by atoms with Gasteiger partial charge in [0.2, 0.25) is 5.91 Å². The lowest BCUT2D eigenvalue weighted by molar-refractivity contribution is -0.165. The van der Waals surface area contributed by atoms with Crippen LogP contribution in [-0.4, -0.2) is 36.1 Å². The second-order valence-corrected chi connectivity index (χ2v) is 5.03. The molecule has 3 nitrogen and oxygen atoms in total. The summed E-state index contributed by atoms with van der Waals surface area (Å²) in [4.78, 5) is 13.0. The minimum absolute atomic E-state index is 0.0477. The molecule has 0 aromatic carbocycles. The molecular formula is C12H21F3N2O. The van der Waals surface area contributed by atoms with Gasteiger partial charge in [0.05, 0.1) is 0 Å². The Labute approximate surface area is 106 Å². The van der Waals surface area contributed by atoms with Crippen LogP contribution in [0.2, 0.25) is 0 Å². The van der Waals surface area contributed by atoms with E-state index in [1.54, 1.807) is 6.92 Å². The quantitative estimate of drug-likeness (QED) is 0.851. The summed E-state index contributed by atoms with van der Waals surface area (Å²) in [6.07, 6.45) is -2.05. The lowest BCUT2D eigenvalue weighted by Crippen LogP contribution is -2.48. The Morgan fingerprint density at radius 2 is 2.00 bits per heavy atom. The molecule has 2 N–H and O–H groups in total. The number of rotatable bonds is 3. The van der Waals surface area contributed by atoms with Gasteiger partial charge in [0.15, 0.2) is 0 Å². The Balaban J connectivity index is 2.71.